The third-order valence-corrected chi connectivity index (χ3v) is 6.86. The molecular weight excluding hydrogens is 520 g/mol. The number of anilines is 1. The minimum atomic E-state index is -0.440. The Morgan fingerprint density at radius 1 is 1.21 bits per heavy atom. The molecule has 0 atom stereocenters. The van der Waals surface area contributed by atoms with Crippen molar-refractivity contribution in [2.24, 2.45) is 0 Å². The number of carbonyl (C=O) groups is 1. The van der Waals surface area contributed by atoms with Gasteiger partial charge in [-0.2, -0.15) is 0 Å². The smallest absolute Gasteiger partial charge is 0.236 e. The molecule has 0 aliphatic carbocycles. The van der Waals surface area contributed by atoms with Crippen LogP contribution in [-0.2, 0) is 17.9 Å². The van der Waals surface area contributed by atoms with Crippen LogP contribution < -0.4 is 10.1 Å². The van der Waals surface area contributed by atoms with Gasteiger partial charge >= 0.3 is 0 Å². The van der Waals surface area contributed by atoms with Gasteiger partial charge in [0.2, 0.25) is 5.91 Å². The summed E-state index contributed by atoms with van der Waals surface area (Å²) >= 11 is 14.5. The summed E-state index contributed by atoms with van der Waals surface area (Å²) in [6.45, 7) is 2.63. The maximum atomic E-state index is 13.2. The summed E-state index contributed by atoms with van der Waals surface area (Å²) in [4.78, 5) is 16.9. The van der Waals surface area contributed by atoms with E-state index in [-0.39, 0.29) is 23.3 Å². The summed E-state index contributed by atoms with van der Waals surface area (Å²) in [5, 5.41) is 14.9. The molecule has 1 amide bonds. The molecule has 4 rings (SSSR count). The van der Waals surface area contributed by atoms with Gasteiger partial charge < -0.3 is 14.6 Å². The average molecular weight is 538 g/mol. The number of ether oxygens (including phenoxy) is 1. The second-order valence-corrected chi connectivity index (χ2v) is 9.53. The topological polar surface area (TPSA) is 81.9 Å². The van der Waals surface area contributed by atoms with E-state index >= 15 is 0 Å². The quantitative estimate of drug-likeness (QED) is 0.257. The maximum Gasteiger partial charge on any atom is 0.236 e. The third kappa shape index (κ3) is 6.06. The second kappa shape index (κ2) is 11.2. The van der Waals surface area contributed by atoms with E-state index in [2.05, 4.69) is 20.5 Å². The molecule has 0 spiro atoms. The van der Waals surface area contributed by atoms with E-state index in [4.69, 9.17) is 27.9 Å². The van der Waals surface area contributed by atoms with Crippen LogP contribution in [0.4, 0.5) is 9.52 Å². The van der Waals surface area contributed by atoms with Crippen LogP contribution in [0.15, 0.2) is 53.0 Å². The number of carbonyl (C=O) groups excluding carboxylic acids is 1. The van der Waals surface area contributed by atoms with Crippen molar-refractivity contribution in [3.63, 3.8) is 0 Å². The maximum absolute atomic E-state index is 13.2. The first kappa shape index (κ1) is 24.5. The molecule has 2 aromatic carbocycles. The van der Waals surface area contributed by atoms with E-state index in [1.54, 1.807) is 12.1 Å². The molecule has 176 valence electrons. The first-order valence-electron chi connectivity index (χ1n) is 10.1. The minimum Gasteiger partial charge on any atom is -0.484 e. The lowest BCUT2D eigenvalue weighted by molar-refractivity contribution is -0.113. The highest BCUT2D eigenvalue weighted by atomic mass is 35.5. The summed E-state index contributed by atoms with van der Waals surface area (Å²) in [6.07, 6.45) is 0. The van der Waals surface area contributed by atoms with Crippen molar-refractivity contribution in [3.05, 3.63) is 69.5 Å². The summed E-state index contributed by atoms with van der Waals surface area (Å²) in [6, 6.07) is 11.3. The zero-order chi connectivity index (χ0) is 24.1. The molecule has 0 saturated heterocycles. The highest BCUT2D eigenvalue weighted by Gasteiger charge is 2.15. The minimum absolute atomic E-state index is 0.103. The van der Waals surface area contributed by atoms with Crippen molar-refractivity contribution in [2.45, 2.75) is 25.2 Å². The van der Waals surface area contributed by atoms with Gasteiger partial charge in [-0.3, -0.25) is 4.79 Å². The van der Waals surface area contributed by atoms with Gasteiger partial charge in [0, 0.05) is 22.5 Å². The summed E-state index contributed by atoms with van der Waals surface area (Å²) in [7, 11) is 0. The molecule has 34 heavy (non-hydrogen) atoms. The molecule has 0 saturated carbocycles. The van der Waals surface area contributed by atoms with Crippen molar-refractivity contribution in [1.29, 1.82) is 0 Å². The summed E-state index contributed by atoms with van der Waals surface area (Å²) in [5.41, 5.74) is 1.68. The molecule has 7 nitrogen and oxygen atoms in total. The number of benzene rings is 2. The molecule has 0 radical (unpaired) electrons. The highest BCUT2D eigenvalue weighted by Crippen LogP contribution is 2.27. The fraction of sp³-hybridized carbons (Fsp3) is 0.182. The van der Waals surface area contributed by atoms with Crippen LogP contribution >= 0.6 is 46.3 Å². The van der Waals surface area contributed by atoms with Crippen molar-refractivity contribution in [1.82, 2.24) is 19.7 Å². The van der Waals surface area contributed by atoms with E-state index in [1.807, 2.05) is 29.0 Å². The summed E-state index contributed by atoms with van der Waals surface area (Å²) < 4.78 is 20.7. The van der Waals surface area contributed by atoms with Gasteiger partial charge in [-0.15, -0.1) is 21.5 Å². The molecule has 0 aliphatic heterocycles. The van der Waals surface area contributed by atoms with E-state index in [1.165, 1.54) is 41.3 Å². The van der Waals surface area contributed by atoms with E-state index < -0.39 is 5.82 Å². The molecule has 0 fully saturated rings. The molecule has 0 aliphatic rings. The van der Waals surface area contributed by atoms with Crippen molar-refractivity contribution in [2.75, 3.05) is 11.1 Å². The van der Waals surface area contributed by atoms with Gasteiger partial charge in [0.1, 0.15) is 18.2 Å². The lowest BCUT2D eigenvalue weighted by atomic mass is 10.2. The number of halogens is 3. The second-order valence-electron chi connectivity index (χ2n) is 6.89. The Balaban J connectivity index is 1.33. The van der Waals surface area contributed by atoms with Crippen LogP contribution in [0.25, 0.3) is 11.3 Å². The number of nitrogens with zero attached hydrogens (tertiary/aromatic N) is 4. The number of aromatic nitrogens is 4. The summed E-state index contributed by atoms with van der Waals surface area (Å²) in [5.74, 6) is 0.411. The Kier molecular flexibility index (Phi) is 8.04. The van der Waals surface area contributed by atoms with Crippen molar-refractivity contribution >= 4 is 57.3 Å². The molecule has 0 bridgehead atoms. The number of nitrogens with one attached hydrogen (secondary N) is 1. The zero-order valence-electron chi connectivity index (χ0n) is 17.8. The predicted molar refractivity (Wildman–Crippen MR) is 133 cm³/mol. The molecule has 2 heterocycles. The molecule has 2 aromatic heterocycles. The lowest BCUT2D eigenvalue weighted by Crippen LogP contribution is -2.14. The average Bonchev–Trinajstić information content (AvgIpc) is 3.44. The number of rotatable bonds is 9. The molecule has 12 heteroatoms. The van der Waals surface area contributed by atoms with Crippen LogP contribution in [0.5, 0.6) is 5.75 Å². The number of amides is 1. The van der Waals surface area contributed by atoms with Crippen molar-refractivity contribution in [3.8, 4) is 17.0 Å². The van der Waals surface area contributed by atoms with Crippen LogP contribution in [0.2, 0.25) is 10.0 Å². The molecule has 1 N–H and O–H groups in total. The Morgan fingerprint density at radius 3 is 2.74 bits per heavy atom. The van der Waals surface area contributed by atoms with Crippen LogP contribution in [0.1, 0.15) is 12.7 Å². The van der Waals surface area contributed by atoms with E-state index in [0.29, 0.717) is 33.4 Å². The van der Waals surface area contributed by atoms with Crippen molar-refractivity contribution < 1.29 is 13.9 Å². The fourth-order valence-electron chi connectivity index (χ4n) is 2.95. The Bertz CT molecular complexity index is 1300. The van der Waals surface area contributed by atoms with E-state index in [9.17, 15) is 9.18 Å². The predicted octanol–water partition coefficient (Wildman–Crippen LogP) is 6.18. The standard InChI is InChI=1S/C22H18Cl2FN5O2S2/c1-2-30-19(10-32-18-8-7-15(25)9-16(18)24)28-29-22(30)34-12-20(31)27-21-26-17(11-33-21)13-3-5-14(23)6-4-13/h3-9,11H,2,10,12H2,1H3,(H,26,27,31). The van der Waals surface area contributed by atoms with Gasteiger partial charge in [-0.25, -0.2) is 9.37 Å². The number of hydrogen-bond acceptors (Lipinski definition) is 7. The van der Waals surface area contributed by atoms with Crippen LogP contribution in [-0.4, -0.2) is 31.4 Å². The monoisotopic (exact) mass is 537 g/mol. The molecular formula is C22H18Cl2FN5O2S2. The van der Waals surface area contributed by atoms with E-state index in [0.717, 1.165) is 11.3 Å². The van der Waals surface area contributed by atoms with Gasteiger partial charge in [-0.05, 0) is 37.3 Å². The number of thioether (sulfide) groups is 1. The first-order valence-corrected chi connectivity index (χ1v) is 12.7. The van der Waals surface area contributed by atoms with Gasteiger partial charge in [0.05, 0.1) is 16.5 Å². The zero-order valence-corrected chi connectivity index (χ0v) is 20.9. The normalized spacial score (nSPS) is 10.9. The van der Waals surface area contributed by atoms with Gasteiger partial charge in [0.25, 0.3) is 0 Å². The third-order valence-electron chi connectivity index (χ3n) is 4.58. The van der Waals surface area contributed by atoms with Crippen LogP contribution in [0.3, 0.4) is 0 Å². The number of hydrogen-bond donors (Lipinski definition) is 1. The van der Waals surface area contributed by atoms with Gasteiger partial charge in [0.15, 0.2) is 16.1 Å². The molecule has 0 unspecified atom stereocenters. The Labute approximate surface area is 213 Å². The molecule has 4 aromatic rings. The lowest BCUT2D eigenvalue weighted by Gasteiger charge is -2.10. The van der Waals surface area contributed by atoms with Crippen LogP contribution in [0, 0.1) is 5.82 Å². The first-order chi connectivity index (χ1) is 16.4. The SMILES string of the molecule is CCn1c(COc2ccc(F)cc2Cl)nnc1SCC(=O)Nc1nc(-c2ccc(Cl)cc2)cs1. The van der Waals surface area contributed by atoms with Gasteiger partial charge in [-0.1, -0.05) is 47.1 Å². The highest BCUT2D eigenvalue weighted by molar-refractivity contribution is 7.99. The largest absolute Gasteiger partial charge is 0.484 e. The Morgan fingerprint density at radius 2 is 2.00 bits per heavy atom. The Hall–Kier alpha value is -2.66. The fourth-order valence-corrected chi connectivity index (χ4v) is 4.86. The number of thiazole rings is 1.